The highest BCUT2D eigenvalue weighted by atomic mass is 32.2. The number of carbonyl (C=O) groups excluding carboxylic acids is 1. The zero-order chi connectivity index (χ0) is 22.1. The van der Waals surface area contributed by atoms with Gasteiger partial charge in [-0.05, 0) is 26.2 Å². The topological polar surface area (TPSA) is 121 Å². The minimum Gasteiger partial charge on any atom is -0.481 e. The van der Waals surface area contributed by atoms with E-state index in [2.05, 4.69) is 4.98 Å². The van der Waals surface area contributed by atoms with Crippen LogP contribution in [0.2, 0.25) is 0 Å². The van der Waals surface area contributed by atoms with E-state index < -0.39 is 21.1 Å². The van der Waals surface area contributed by atoms with Crippen LogP contribution < -0.4 is 0 Å². The molecule has 1 aromatic heterocycles. The second-order valence-corrected chi connectivity index (χ2v) is 10.00. The van der Waals surface area contributed by atoms with E-state index in [1.165, 1.54) is 6.39 Å². The van der Waals surface area contributed by atoms with Crippen LogP contribution in [0.25, 0.3) is 11.3 Å². The quantitative estimate of drug-likeness (QED) is 0.764. The summed E-state index contributed by atoms with van der Waals surface area (Å²) >= 11 is 0. The highest BCUT2D eigenvalue weighted by Crippen LogP contribution is 2.36. The number of benzene rings is 1. The van der Waals surface area contributed by atoms with Gasteiger partial charge in [0, 0.05) is 43.1 Å². The third kappa shape index (κ3) is 4.54. The zero-order valence-corrected chi connectivity index (χ0v) is 17.9. The van der Waals surface area contributed by atoms with Crippen molar-refractivity contribution in [2.45, 2.75) is 18.2 Å². The molecule has 162 valence electrons. The van der Waals surface area contributed by atoms with E-state index in [-0.39, 0.29) is 30.2 Å². The fraction of sp³-hybridized carbons (Fsp3) is 0.450. The predicted molar refractivity (Wildman–Crippen MR) is 110 cm³/mol. The fourth-order valence-electron chi connectivity index (χ4n) is 4.05. The first kappa shape index (κ1) is 22.0. The third-order valence-corrected chi connectivity index (χ3v) is 7.69. The van der Waals surface area contributed by atoms with Crippen LogP contribution in [-0.4, -0.2) is 84.4 Å². The molecule has 1 amide bonds. The second-order valence-electron chi connectivity index (χ2n) is 7.73. The molecular weight excluding hydrogens is 410 g/mol. The molecule has 3 atom stereocenters. The number of hydrogen-bond donors (Lipinski definition) is 1. The summed E-state index contributed by atoms with van der Waals surface area (Å²) in [4.78, 5) is 29.4. The number of carboxylic acid groups (broad SMARTS) is 1. The molecule has 2 saturated heterocycles. The number of nitrogens with zero attached hydrogens (tertiary/aromatic N) is 3. The van der Waals surface area contributed by atoms with Crippen molar-refractivity contribution in [3.05, 3.63) is 42.4 Å². The lowest BCUT2D eigenvalue weighted by molar-refractivity contribution is -0.134. The molecule has 0 saturated carbocycles. The Balaban J connectivity index is 0.000000589. The lowest BCUT2D eigenvalue weighted by Gasteiger charge is -2.25. The van der Waals surface area contributed by atoms with E-state index in [1.807, 2.05) is 31.1 Å². The molecule has 9 nitrogen and oxygen atoms in total. The Kier molecular flexibility index (Phi) is 6.27. The van der Waals surface area contributed by atoms with Crippen molar-refractivity contribution in [2.24, 2.45) is 5.92 Å². The molecule has 2 fully saturated rings. The van der Waals surface area contributed by atoms with Gasteiger partial charge in [-0.3, -0.25) is 9.59 Å². The van der Waals surface area contributed by atoms with E-state index in [9.17, 15) is 13.2 Å². The molecule has 0 bridgehead atoms. The van der Waals surface area contributed by atoms with Gasteiger partial charge in [0.15, 0.2) is 22.0 Å². The van der Waals surface area contributed by atoms with E-state index in [4.69, 9.17) is 14.3 Å². The lowest BCUT2D eigenvalue weighted by Crippen LogP contribution is -2.38. The Labute approximate surface area is 175 Å². The normalized spacial score (nSPS) is 24.3. The van der Waals surface area contributed by atoms with Crippen molar-refractivity contribution in [1.29, 1.82) is 0 Å². The van der Waals surface area contributed by atoms with Crippen molar-refractivity contribution in [1.82, 2.24) is 14.8 Å². The van der Waals surface area contributed by atoms with Crippen LogP contribution in [0.3, 0.4) is 0 Å². The molecule has 0 spiro atoms. The van der Waals surface area contributed by atoms with Gasteiger partial charge in [-0.25, -0.2) is 13.4 Å². The summed E-state index contributed by atoms with van der Waals surface area (Å²) in [5.41, 5.74) is 1.39. The minimum atomic E-state index is -3.16. The largest absolute Gasteiger partial charge is 0.481 e. The number of fused-ring (bicyclic) bond motifs is 1. The molecule has 2 aliphatic heterocycles. The molecule has 4 rings (SSSR count). The number of amides is 1. The maximum Gasteiger partial charge on any atom is 0.300 e. The maximum absolute atomic E-state index is 12.8. The van der Waals surface area contributed by atoms with E-state index in [1.54, 1.807) is 23.2 Å². The Bertz CT molecular complexity index is 998. The van der Waals surface area contributed by atoms with Gasteiger partial charge in [0.1, 0.15) is 0 Å². The number of carboxylic acids is 1. The standard InChI is InChI=1S/C18H21N3O4S.C2H4O2/c1-20(2)15-10-26(23,24)17-9-21(8-14(15)17)18(22)13-5-3-12(4-6-13)16-7-19-11-25-16;1-2(3)4/h3-7,11,14-15,17H,8-10H2,1-2H3;1H3,(H,3,4)/t14-,15+,17-;/m0./s1. The van der Waals surface area contributed by atoms with Gasteiger partial charge in [0.05, 0.1) is 17.2 Å². The Morgan fingerprint density at radius 2 is 1.83 bits per heavy atom. The molecule has 3 heterocycles. The Morgan fingerprint density at radius 3 is 2.37 bits per heavy atom. The number of hydrogen-bond acceptors (Lipinski definition) is 7. The number of aromatic nitrogens is 1. The predicted octanol–water partition coefficient (Wildman–Crippen LogP) is 1.23. The molecule has 2 aliphatic rings. The summed E-state index contributed by atoms with van der Waals surface area (Å²) in [7, 11) is 0.638. The third-order valence-electron chi connectivity index (χ3n) is 5.47. The smallest absolute Gasteiger partial charge is 0.300 e. The molecule has 10 heteroatoms. The number of sulfone groups is 1. The van der Waals surface area contributed by atoms with Crippen LogP contribution in [0.15, 0.2) is 41.3 Å². The SMILES string of the molecule is CC(=O)O.CN(C)[C@@H]1CS(=O)(=O)[C@H]2CN(C(=O)c3ccc(-c4cnco4)cc3)C[C@@H]12. The second kappa shape index (κ2) is 8.57. The summed E-state index contributed by atoms with van der Waals surface area (Å²) in [6.07, 6.45) is 2.98. The van der Waals surface area contributed by atoms with E-state index >= 15 is 0 Å². The van der Waals surface area contributed by atoms with Crippen LogP contribution >= 0.6 is 0 Å². The highest BCUT2D eigenvalue weighted by Gasteiger charge is 2.53. The number of aliphatic carboxylic acids is 1. The number of likely N-dealkylation sites (tertiary alicyclic amines) is 1. The molecule has 1 N–H and O–H groups in total. The number of carbonyl (C=O) groups is 2. The summed E-state index contributed by atoms with van der Waals surface area (Å²) in [6.45, 7) is 1.84. The monoisotopic (exact) mass is 435 g/mol. The average Bonchev–Trinajstić information content (AvgIpc) is 3.39. The summed E-state index contributed by atoms with van der Waals surface area (Å²) in [6, 6.07) is 7.07. The maximum atomic E-state index is 12.8. The highest BCUT2D eigenvalue weighted by molar-refractivity contribution is 7.92. The van der Waals surface area contributed by atoms with Gasteiger partial charge in [-0.2, -0.15) is 0 Å². The lowest BCUT2D eigenvalue weighted by atomic mass is 10.00. The molecule has 0 unspecified atom stereocenters. The van der Waals surface area contributed by atoms with Crippen LogP contribution in [0, 0.1) is 5.92 Å². The van der Waals surface area contributed by atoms with Gasteiger partial charge >= 0.3 is 0 Å². The van der Waals surface area contributed by atoms with Crippen molar-refractivity contribution in [2.75, 3.05) is 32.9 Å². The minimum absolute atomic E-state index is 0.0209. The van der Waals surface area contributed by atoms with E-state index in [0.29, 0.717) is 17.9 Å². The van der Waals surface area contributed by atoms with Gasteiger partial charge in [0.25, 0.3) is 11.9 Å². The first-order chi connectivity index (χ1) is 14.1. The molecule has 2 aromatic rings. The first-order valence-electron chi connectivity index (χ1n) is 9.46. The van der Waals surface area contributed by atoms with Crippen molar-refractivity contribution in [3.63, 3.8) is 0 Å². The number of rotatable bonds is 3. The molecule has 0 aliphatic carbocycles. The summed E-state index contributed by atoms with van der Waals surface area (Å²) in [5, 5.41) is 6.97. The van der Waals surface area contributed by atoms with Crippen LogP contribution in [0.4, 0.5) is 0 Å². The van der Waals surface area contributed by atoms with Crippen molar-refractivity contribution < 1.29 is 27.5 Å². The van der Waals surface area contributed by atoms with Gasteiger partial charge in [0.2, 0.25) is 0 Å². The van der Waals surface area contributed by atoms with Gasteiger partial charge < -0.3 is 19.3 Å². The van der Waals surface area contributed by atoms with Gasteiger partial charge in [-0.1, -0.05) is 12.1 Å². The van der Waals surface area contributed by atoms with Gasteiger partial charge in [-0.15, -0.1) is 0 Å². The van der Waals surface area contributed by atoms with Crippen LogP contribution in [-0.2, 0) is 14.6 Å². The number of oxazole rings is 1. The van der Waals surface area contributed by atoms with Crippen LogP contribution in [0.5, 0.6) is 0 Å². The summed E-state index contributed by atoms with van der Waals surface area (Å²) < 4.78 is 30.2. The molecule has 30 heavy (non-hydrogen) atoms. The molecular formula is C20H25N3O6S. The average molecular weight is 436 g/mol. The Morgan fingerprint density at radius 1 is 1.20 bits per heavy atom. The first-order valence-corrected chi connectivity index (χ1v) is 11.2. The fourth-order valence-corrected chi connectivity index (χ4v) is 6.53. The summed E-state index contributed by atoms with van der Waals surface area (Å²) in [5.74, 6) is -0.160. The molecule has 1 aromatic carbocycles. The van der Waals surface area contributed by atoms with E-state index in [0.717, 1.165) is 12.5 Å². The van der Waals surface area contributed by atoms with Crippen molar-refractivity contribution >= 4 is 21.7 Å². The van der Waals surface area contributed by atoms with Crippen molar-refractivity contribution in [3.8, 4) is 11.3 Å². The Hall–Kier alpha value is -2.72. The zero-order valence-electron chi connectivity index (χ0n) is 17.1. The molecule has 0 radical (unpaired) electrons. The van der Waals surface area contributed by atoms with Crippen LogP contribution in [0.1, 0.15) is 17.3 Å².